The molecule has 0 saturated carbocycles. The van der Waals surface area contributed by atoms with E-state index in [1.807, 2.05) is 6.07 Å². The normalized spacial score (nSPS) is 12.6. The fourth-order valence-corrected chi connectivity index (χ4v) is 3.73. The van der Waals surface area contributed by atoms with Crippen molar-refractivity contribution in [2.45, 2.75) is 25.8 Å². The summed E-state index contributed by atoms with van der Waals surface area (Å²) >= 11 is 11.0. The highest BCUT2D eigenvalue weighted by atomic mass is 79.9. The highest BCUT2D eigenvalue weighted by molar-refractivity contribution is 9.11. The van der Waals surface area contributed by atoms with Crippen LogP contribution in [0.1, 0.15) is 29.8 Å². The number of rotatable bonds is 6. The van der Waals surface area contributed by atoms with Crippen molar-refractivity contribution in [1.29, 1.82) is 0 Å². The Hall–Kier alpha value is -0.420. The van der Waals surface area contributed by atoms with Crippen LogP contribution < -0.4 is 5.32 Å². The maximum Gasteiger partial charge on any atom is 0.145 e. The minimum atomic E-state index is -0.312. The molecule has 0 spiro atoms. The Bertz CT molecular complexity index is 573. The molecule has 0 radical (unpaired) electrons. The molecule has 20 heavy (non-hydrogen) atoms. The summed E-state index contributed by atoms with van der Waals surface area (Å²) < 4.78 is 15.1. The molecule has 5 heteroatoms. The van der Waals surface area contributed by atoms with E-state index in [9.17, 15) is 4.39 Å². The molecule has 1 atom stereocenters. The minimum Gasteiger partial charge on any atom is -0.309 e. The second-order valence-electron chi connectivity index (χ2n) is 4.57. The van der Waals surface area contributed by atoms with Crippen LogP contribution in [0.3, 0.4) is 0 Å². The predicted molar refractivity (Wildman–Crippen MR) is 88.2 cm³/mol. The number of hydrogen-bond donors (Lipinski definition) is 1. The molecular formula is C15H16BrClFNS. The van der Waals surface area contributed by atoms with Crippen molar-refractivity contribution in [3.8, 4) is 0 Å². The molecule has 1 aromatic heterocycles. The third kappa shape index (κ3) is 4.04. The van der Waals surface area contributed by atoms with Gasteiger partial charge in [-0.15, -0.1) is 11.3 Å². The van der Waals surface area contributed by atoms with E-state index < -0.39 is 0 Å². The van der Waals surface area contributed by atoms with E-state index in [0.29, 0.717) is 12.0 Å². The van der Waals surface area contributed by atoms with Crippen molar-refractivity contribution in [1.82, 2.24) is 5.32 Å². The molecule has 1 unspecified atom stereocenters. The van der Waals surface area contributed by atoms with Gasteiger partial charge in [0.1, 0.15) is 5.82 Å². The lowest BCUT2D eigenvalue weighted by molar-refractivity contribution is 0.519. The van der Waals surface area contributed by atoms with Gasteiger partial charge in [-0.1, -0.05) is 30.7 Å². The molecule has 2 rings (SSSR count). The van der Waals surface area contributed by atoms with Crippen LogP contribution >= 0.6 is 38.9 Å². The minimum absolute atomic E-state index is 0.110. The van der Waals surface area contributed by atoms with E-state index in [1.165, 1.54) is 4.88 Å². The lowest BCUT2D eigenvalue weighted by atomic mass is 10.0. The van der Waals surface area contributed by atoms with Gasteiger partial charge in [-0.05, 0) is 59.1 Å². The van der Waals surface area contributed by atoms with Crippen LogP contribution in [0.25, 0.3) is 0 Å². The number of halogens is 3. The number of nitrogens with one attached hydrogen (secondary N) is 1. The SMILES string of the molecule is CCCNC(Cc1cccc(Cl)c1F)c1ccc(Br)s1. The Labute approximate surface area is 136 Å². The molecule has 0 bridgehead atoms. The van der Waals surface area contributed by atoms with E-state index in [2.05, 4.69) is 34.2 Å². The molecule has 1 nitrogen and oxygen atoms in total. The summed E-state index contributed by atoms with van der Waals surface area (Å²) in [5.41, 5.74) is 0.649. The van der Waals surface area contributed by atoms with Crippen LogP contribution in [0.15, 0.2) is 34.1 Å². The van der Waals surface area contributed by atoms with Crippen molar-refractivity contribution < 1.29 is 4.39 Å². The number of benzene rings is 1. The average molecular weight is 377 g/mol. The monoisotopic (exact) mass is 375 g/mol. The largest absolute Gasteiger partial charge is 0.309 e. The van der Waals surface area contributed by atoms with Crippen LogP contribution in [0.5, 0.6) is 0 Å². The molecule has 1 heterocycles. The smallest absolute Gasteiger partial charge is 0.145 e. The van der Waals surface area contributed by atoms with Gasteiger partial charge in [0, 0.05) is 10.9 Å². The molecule has 1 N–H and O–H groups in total. The first-order valence-corrected chi connectivity index (χ1v) is 8.52. The maximum absolute atomic E-state index is 14.0. The summed E-state index contributed by atoms with van der Waals surface area (Å²) in [5.74, 6) is -0.312. The molecule has 0 aliphatic carbocycles. The summed E-state index contributed by atoms with van der Waals surface area (Å²) in [6.07, 6.45) is 1.64. The summed E-state index contributed by atoms with van der Waals surface area (Å²) in [6.45, 7) is 3.02. The molecular weight excluding hydrogens is 361 g/mol. The Kier molecular flexibility index (Phi) is 6.02. The lowest BCUT2D eigenvalue weighted by Gasteiger charge is -2.18. The highest BCUT2D eigenvalue weighted by Gasteiger charge is 2.16. The Morgan fingerprint density at radius 3 is 2.80 bits per heavy atom. The zero-order valence-corrected chi connectivity index (χ0v) is 14.3. The summed E-state index contributed by atoms with van der Waals surface area (Å²) in [5, 5.41) is 3.66. The van der Waals surface area contributed by atoms with E-state index in [0.717, 1.165) is 16.8 Å². The molecule has 0 amide bonds. The van der Waals surface area contributed by atoms with E-state index in [1.54, 1.807) is 29.5 Å². The molecule has 0 saturated heterocycles. The third-order valence-electron chi connectivity index (χ3n) is 3.03. The van der Waals surface area contributed by atoms with E-state index in [4.69, 9.17) is 11.6 Å². The van der Waals surface area contributed by atoms with Gasteiger partial charge in [-0.2, -0.15) is 0 Å². The summed E-state index contributed by atoms with van der Waals surface area (Å²) in [6, 6.07) is 9.38. The standard InChI is InChI=1S/C15H16BrClFNS/c1-2-8-19-12(13-6-7-14(16)20-13)9-10-4-3-5-11(17)15(10)18/h3-7,12,19H,2,8-9H2,1H3. The highest BCUT2D eigenvalue weighted by Crippen LogP contribution is 2.30. The van der Waals surface area contributed by atoms with E-state index >= 15 is 0 Å². The second kappa shape index (κ2) is 7.55. The number of thiophene rings is 1. The van der Waals surface area contributed by atoms with E-state index in [-0.39, 0.29) is 16.9 Å². The quantitative estimate of drug-likeness (QED) is 0.693. The first kappa shape index (κ1) is 16.0. The van der Waals surface area contributed by atoms with Gasteiger partial charge < -0.3 is 5.32 Å². The molecule has 0 aliphatic rings. The second-order valence-corrected chi connectivity index (χ2v) is 7.47. The van der Waals surface area contributed by atoms with Gasteiger partial charge in [-0.3, -0.25) is 0 Å². The molecule has 1 aromatic carbocycles. The summed E-state index contributed by atoms with van der Waals surface area (Å²) in [4.78, 5) is 1.20. The van der Waals surface area contributed by atoms with Crippen molar-refractivity contribution in [3.05, 3.63) is 55.4 Å². The predicted octanol–water partition coefficient (Wildman–Crippen LogP) is 5.59. The van der Waals surface area contributed by atoms with Gasteiger partial charge in [0.15, 0.2) is 0 Å². The van der Waals surface area contributed by atoms with Crippen LogP contribution in [0.2, 0.25) is 5.02 Å². The lowest BCUT2D eigenvalue weighted by Crippen LogP contribution is -2.23. The van der Waals surface area contributed by atoms with Gasteiger partial charge in [0.25, 0.3) is 0 Å². The molecule has 0 fully saturated rings. The topological polar surface area (TPSA) is 12.0 Å². The molecule has 2 aromatic rings. The first-order valence-electron chi connectivity index (χ1n) is 6.53. The zero-order valence-electron chi connectivity index (χ0n) is 11.1. The molecule has 108 valence electrons. The fraction of sp³-hybridized carbons (Fsp3) is 0.333. The van der Waals surface area contributed by atoms with Crippen molar-refractivity contribution in [2.75, 3.05) is 6.54 Å². The van der Waals surface area contributed by atoms with Gasteiger partial charge >= 0.3 is 0 Å². The van der Waals surface area contributed by atoms with Gasteiger partial charge in [0.05, 0.1) is 8.81 Å². The van der Waals surface area contributed by atoms with Crippen molar-refractivity contribution in [3.63, 3.8) is 0 Å². The molecule has 0 aliphatic heterocycles. The van der Waals surface area contributed by atoms with Crippen molar-refractivity contribution in [2.24, 2.45) is 0 Å². The van der Waals surface area contributed by atoms with Crippen LogP contribution in [-0.4, -0.2) is 6.54 Å². The first-order chi connectivity index (χ1) is 9.61. The maximum atomic E-state index is 14.0. The fourth-order valence-electron chi connectivity index (χ4n) is 2.03. The zero-order chi connectivity index (χ0) is 14.5. The van der Waals surface area contributed by atoms with Crippen molar-refractivity contribution >= 4 is 38.9 Å². The Morgan fingerprint density at radius 2 is 2.15 bits per heavy atom. The van der Waals surface area contributed by atoms with Crippen LogP contribution in [0.4, 0.5) is 4.39 Å². The van der Waals surface area contributed by atoms with Crippen LogP contribution in [0, 0.1) is 5.82 Å². The Balaban J connectivity index is 2.21. The third-order valence-corrected chi connectivity index (χ3v) is 5.06. The van der Waals surface area contributed by atoms with Gasteiger partial charge in [0.2, 0.25) is 0 Å². The average Bonchev–Trinajstić information content (AvgIpc) is 2.86. The summed E-state index contributed by atoms with van der Waals surface area (Å²) in [7, 11) is 0. The Morgan fingerprint density at radius 1 is 1.35 bits per heavy atom. The number of hydrogen-bond acceptors (Lipinski definition) is 2. The van der Waals surface area contributed by atoms with Crippen LogP contribution in [-0.2, 0) is 6.42 Å². The van der Waals surface area contributed by atoms with Gasteiger partial charge in [-0.25, -0.2) is 4.39 Å².